The molecule has 0 N–H and O–H groups in total. The highest BCUT2D eigenvalue weighted by molar-refractivity contribution is 6.30. The molecule has 2 aliphatic rings. The Balaban J connectivity index is 1.27. The lowest BCUT2D eigenvalue weighted by atomic mass is 9.97. The lowest BCUT2D eigenvalue weighted by Crippen LogP contribution is -2.52. The molecule has 162 valence electrons. The lowest BCUT2D eigenvalue weighted by molar-refractivity contribution is -0.138. The van der Waals surface area contributed by atoms with Crippen molar-refractivity contribution in [2.45, 2.75) is 38.7 Å². The Hall–Kier alpha value is -2.80. The molecular weight excluding hydrogens is 414 g/mol. The van der Waals surface area contributed by atoms with E-state index in [0.717, 1.165) is 37.3 Å². The first-order valence-corrected chi connectivity index (χ1v) is 11.3. The maximum absolute atomic E-state index is 12.9. The van der Waals surface area contributed by atoms with Crippen LogP contribution in [0.25, 0.3) is 5.52 Å². The summed E-state index contributed by atoms with van der Waals surface area (Å²) in [5, 5.41) is 5.37. The first kappa shape index (κ1) is 20.1. The molecule has 1 saturated heterocycles. The molecule has 3 heterocycles. The molecule has 1 amide bonds. The van der Waals surface area contributed by atoms with E-state index in [2.05, 4.69) is 4.90 Å². The van der Waals surface area contributed by atoms with Crippen LogP contribution in [0.15, 0.2) is 36.7 Å². The van der Waals surface area contributed by atoms with Gasteiger partial charge in [-0.1, -0.05) is 17.7 Å². The third kappa shape index (κ3) is 3.94. The number of carbonyl (C=O) groups excluding carboxylic acids is 1. The van der Waals surface area contributed by atoms with E-state index in [4.69, 9.17) is 26.4 Å². The number of aryl methyl sites for hydroxylation is 2. The largest absolute Gasteiger partial charge is 0.481 e. The highest BCUT2D eigenvalue weighted by Crippen LogP contribution is 2.30. The summed E-state index contributed by atoms with van der Waals surface area (Å²) in [7, 11) is 0. The second kappa shape index (κ2) is 8.38. The Bertz CT molecular complexity index is 1110. The fourth-order valence-electron chi connectivity index (χ4n) is 4.57. The molecule has 1 fully saturated rings. The summed E-state index contributed by atoms with van der Waals surface area (Å²) in [5.74, 6) is 1.58. The van der Waals surface area contributed by atoms with Gasteiger partial charge in [-0.05, 0) is 50.8 Å². The van der Waals surface area contributed by atoms with Gasteiger partial charge in [0.15, 0.2) is 11.9 Å². The van der Waals surface area contributed by atoms with Crippen molar-refractivity contribution in [1.82, 2.24) is 19.5 Å². The minimum Gasteiger partial charge on any atom is -0.481 e. The Morgan fingerprint density at radius 1 is 1.16 bits per heavy atom. The number of benzene rings is 1. The zero-order valence-electron chi connectivity index (χ0n) is 17.6. The van der Waals surface area contributed by atoms with Crippen LogP contribution in [0.1, 0.15) is 31.0 Å². The number of amides is 1. The van der Waals surface area contributed by atoms with Gasteiger partial charge in [0.2, 0.25) is 0 Å². The number of ether oxygens (including phenoxy) is 1. The van der Waals surface area contributed by atoms with Crippen LogP contribution >= 0.6 is 11.6 Å². The minimum absolute atomic E-state index is 0.00692. The standard InChI is InChI=1S/C23H26ClN5O2/c1-16(31-18-6-4-5-17(24)15-18)23(30)28-13-11-27(12-14-28)22-21-19-7-2-3-8-20(19)26-29(21)10-9-25-22/h4-6,9-10,15-16H,2-3,7-8,11-14H2,1H3/t16-/m1/s1. The number of carbonyl (C=O) groups is 1. The van der Waals surface area contributed by atoms with Gasteiger partial charge < -0.3 is 14.5 Å². The summed E-state index contributed by atoms with van der Waals surface area (Å²) in [5.41, 5.74) is 3.69. The maximum atomic E-state index is 12.9. The molecule has 2 aromatic heterocycles. The number of rotatable bonds is 4. The van der Waals surface area contributed by atoms with Crippen molar-refractivity contribution in [3.8, 4) is 5.75 Å². The summed E-state index contributed by atoms with van der Waals surface area (Å²) < 4.78 is 7.80. The first-order chi connectivity index (χ1) is 15.1. The topological polar surface area (TPSA) is 63.0 Å². The first-order valence-electron chi connectivity index (χ1n) is 10.9. The second-order valence-corrected chi connectivity index (χ2v) is 8.64. The number of anilines is 1. The number of hydrogen-bond acceptors (Lipinski definition) is 5. The molecule has 1 aliphatic carbocycles. The fourth-order valence-corrected chi connectivity index (χ4v) is 4.75. The SMILES string of the molecule is C[C@@H](Oc1cccc(Cl)c1)C(=O)N1CCN(c2nccn3nc4c(c23)CCCC4)CC1. The number of nitrogens with zero attached hydrogens (tertiary/aromatic N) is 5. The Morgan fingerprint density at radius 2 is 1.97 bits per heavy atom. The summed E-state index contributed by atoms with van der Waals surface area (Å²) >= 11 is 6.02. The van der Waals surface area contributed by atoms with Gasteiger partial charge in [0, 0.05) is 49.2 Å². The molecule has 3 aromatic rings. The maximum Gasteiger partial charge on any atom is 0.263 e. The second-order valence-electron chi connectivity index (χ2n) is 8.21. The van der Waals surface area contributed by atoms with Crippen LogP contribution in [-0.2, 0) is 17.6 Å². The molecule has 0 spiro atoms. The molecule has 0 saturated carbocycles. The fraction of sp³-hybridized carbons (Fsp3) is 0.435. The van der Waals surface area contributed by atoms with Gasteiger partial charge in [-0.3, -0.25) is 4.79 Å². The monoisotopic (exact) mass is 439 g/mol. The van der Waals surface area contributed by atoms with Gasteiger partial charge >= 0.3 is 0 Å². The van der Waals surface area contributed by atoms with Crippen molar-refractivity contribution in [1.29, 1.82) is 0 Å². The third-order valence-corrected chi connectivity index (χ3v) is 6.38. The molecule has 0 bridgehead atoms. The summed E-state index contributed by atoms with van der Waals surface area (Å²) in [6.45, 7) is 4.54. The number of halogens is 1. The Kier molecular flexibility index (Phi) is 5.44. The van der Waals surface area contributed by atoms with Crippen LogP contribution < -0.4 is 9.64 Å². The van der Waals surface area contributed by atoms with Crippen LogP contribution in [0.4, 0.5) is 5.82 Å². The van der Waals surface area contributed by atoms with Gasteiger partial charge in [0.05, 0.1) is 5.69 Å². The zero-order chi connectivity index (χ0) is 21.4. The van der Waals surface area contributed by atoms with Crippen molar-refractivity contribution >= 4 is 28.8 Å². The predicted octanol–water partition coefficient (Wildman–Crippen LogP) is 3.38. The molecule has 1 atom stereocenters. The average molecular weight is 440 g/mol. The van der Waals surface area contributed by atoms with Crippen molar-refractivity contribution in [3.05, 3.63) is 52.9 Å². The van der Waals surface area contributed by atoms with Gasteiger partial charge in [-0.15, -0.1) is 0 Å². The smallest absolute Gasteiger partial charge is 0.263 e. The van der Waals surface area contributed by atoms with E-state index in [1.165, 1.54) is 24.1 Å². The van der Waals surface area contributed by atoms with Crippen LogP contribution in [0.3, 0.4) is 0 Å². The summed E-state index contributed by atoms with van der Waals surface area (Å²) in [6, 6.07) is 7.14. The van der Waals surface area contributed by atoms with Crippen LogP contribution in [0, 0.1) is 0 Å². The average Bonchev–Trinajstić information content (AvgIpc) is 3.17. The molecule has 1 aliphatic heterocycles. The molecule has 0 radical (unpaired) electrons. The Morgan fingerprint density at radius 3 is 2.77 bits per heavy atom. The summed E-state index contributed by atoms with van der Waals surface area (Å²) in [6.07, 6.45) is 7.71. The lowest BCUT2D eigenvalue weighted by Gasteiger charge is -2.36. The molecule has 0 unspecified atom stereocenters. The number of aromatic nitrogens is 3. The predicted molar refractivity (Wildman–Crippen MR) is 120 cm³/mol. The van der Waals surface area contributed by atoms with Gasteiger partial charge in [0.25, 0.3) is 5.91 Å². The molecule has 5 rings (SSSR count). The van der Waals surface area contributed by atoms with Crippen molar-refractivity contribution in [3.63, 3.8) is 0 Å². The van der Waals surface area contributed by atoms with Gasteiger partial charge in [-0.25, -0.2) is 9.50 Å². The number of hydrogen-bond donors (Lipinski definition) is 0. The van der Waals surface area contributed by atoms with Crippen molar-refractivity contribution < 1.29 is 9.53 Å². The third-order valence-electron chi connectivity index (χ3n) is 6.15. The quantitative estimate of drug-likeness (QED) is 0.623. The van der Waals surface area contributed by atoms with E-state index >= 15 is 0 Å². The van der Waals surface area contributed by atoms with E-state index in [1.54, 1.807) is 19.1 Å². The van der Waals surface area contributed by atoms with Crippen LogP contribution in [-0.4, -0.2) is 57.7 Å². The number of piperazine rings is 1. The molecule has 8 heteroatoms. The van der Waals surface area contributed by atoms with Gasteiger partial charge in [-0.2, -0.15) is 5.10 Å². The van der Waals surface area contributed by atoms with Gasteiger partial charge in [0.1, 0.15) is 11.3 Å². The van der Waals surface area contributed by atoms with E-state index in [1.807, 2.05) is 33.9 Å². The Labute approximate surface area is 186 Å². The molecular formula is C23H26ClN5O2. The van der Waals surface area contributed by atoms with Crippen LogP contribution in [0.2, 0.25) is 5.02 Å². The van der Waals surface area contributed by atoms with Crippen LogP contribution in [0.5, 0.6) is 5.75 Å². The zero-order valence-corrected chi connectivity index (χ0v) is 18.4. The normalized spacial score (nSPS) is 17.5. The summed E-state index contributed by atoms with van der Waals surface area (Å²) in [4.78, 5) is 21.8. The minimum atomic E-state index is -0.562. The van der Waals surface area contributed by atoms with E-state index < -0.39 is 6.10 Å². The molecule has 1 aromatic carbocycles. The molecule has 31 heavy (non-hydrogen) atoms. The highest BCUT2D eigenvalue weighted by atomic mass is 35.5. The van der Waals surface area contributed by atoms with E-state index in [0.29, 0.717) is 23.9 Å². The van der Waals surface area contributed by atoms with E-state index in [9.17, 15) is 4.79 Å². The van der Waals surface area contributed by atoms with E-state index in [-0.39, 0.29) is 5.91 Å². The van der Waals surface area contributed by atoms with Crippen molar-refractivity contribution in [2.24, 2.45) is 0 Å². The number of fused-ring (bicyclic) bond motifs is 3. The van der Waals surface area contributed by atoms with Crippen molar-refractivity contribution in [2.75, 3.05) is 31.1 Å². The highest BCUT2D eigenvalue weighted by Gasteiger charge is 2.29. The molecule has 7 nitrogen and oxygen atoms in total.